The molecule has 2 saturated heterocycles. The van der Waals surface area contributed by atoms with Crippen LogP contribution in [0.5, 0.6) is 0 Å². The van der Waals surface area contributed by atoms with Crippen LogP contribution in [0.15, 0.2) is 0 Å². The molecule has 0 amide bonds. The van der Waals surface area contributed by atoms with Crippen molar-refractivity contribution in [1.29, 1.82) is 0 Å². The van der Waals surface area contributed by atoms with Gasteiger partial charge in [0.15, 0.2) is 0 Å². The van der Waals surface area contributed by atoms with Crippen LogP contribution in [0.4, 0.5) is 0 Å². The summed E-state index contributed by atoms with van der Waals surface area (Å²) in [7, 11) is 4.04. The predicted octanol–water partition coefficient (Wildman–Crippen LogP) is -0.126. The van der Waals surface area contributed by atoms with Crippen molar-refractivity contribution in [2.45, 2.75) is 25.5 Å². The molecule has 5 heteroatoms. The number of likely N-dealkylation sites (N-methyl/N-ethyl adjacent to an activating group) is 1. The Kier molecular flexibility index (Phi) is 6.71. The highest BCUT2D eigenvalue weighted by Crippen LogP contribution is 2.21. The van der Waals surface area contributed by atoms with Crippen molar-refractivity contribution in [2.75, 3.05) is 66.5 Å². The first kappa shape index (κ1) is 16.2. The minimum absolute atomic E-state index is 0.322. The minimum atomic E-state index is -0.322. The van der Waals surface area contributed by atoms with Gasteiger partial charge in [0.25, 0.3) is 0 Å². The summed E-state index contributed by atoms with van der Waals surface area (Å²) in [5, 5.41) is 12.6. The molecule has 5 nitrogen and oxygen atoms in total. The second-order valence-electron chi connectivity index (χ2n) is 6.47. The van der Waals surface area contributed by atoms with Crippen LogP contribution in [0.2, 0.25) is 0 Å². The zero-order valence-electron chi connectivity index (χ0n) is 13.2. The Morgan fingerprint density at radius 3 is 2.10 bits per heavy atom. The lowest BCUT2D eigenvalue weighted by Crippen LogP contribution is -2.47. The van der Waals surface area contributed by atoms with Crippen molar-refractivity contribution >= 4 is 0 Å². The summed E-state index contributed by atoms with van der Waals surface area (Å²) in [5.41, 5.74) is 0. The van der Waals surface area contributed by atoms with Gasteiger partial charge in [0.2, 0.25) is 0 Å². The van der Waals surface area contributed by atoms with Gasteiger partial charge >= 0.3 is 0 Å². The lowest BCUT2D eigenvalue weighted by molar-refractivity contribution is 0.0825. The summed E-state index contributed by atoms with van der Waals surface area (Å²) in [4.78, 5) is 7.60. The third kappa shape index (κ3) is 5.30. The van der Waals surface area contributed by atoms with Crippen LogP contribution in [0, 0.1) is 5.92 Å². The number of likely N-dealkylation sites (tertiary alicyclic amines) is 1. The van der Waals surface area contributed by atoms with Gasteiger partial charge in [-0.25, -0.2) is 0 Å². The smallest absolute Gasteiger partial charge is 0.104 e. The predicted molar refractivity (Wildman–Crippen MR) is 82.8 cm³/mol. The maximum absolute atomic E-state index is 9.64. The molecule has 20 heavy (non-hydrogen) atoms. The number of piperazine rings is 1. The molecular formula is C15H32N4O. The number of rotatable bonds is 6. The molecule has 0 bridgehead atoms. The number of piperidine rings is 1. The highest BCUT2D eigenvalue weighted by molar-refractivity contribution is 4.76. The second kappa shape index (κ2) is 8.29. The van der Waals surface area contributed by atoms with Crippen molar-refractivity contribution in [3.8, 4) is 0 Å². The van der Waals surface area contributed by atoms with Crippen molar-refractivity contribution in [1.82, 2.24) is 20.0 Å². The number of hydrogen-bond donors (Lipinski definition) is 2. The Hall–Kier alpha value is -0.200. The highest BCUT2D eigenvalue weighted by atomic mass is 16.3. The van der Waals surface area contributed by atoms with Gasteiger partial charge in [-0.15, -0.1) is 0 Å². The molecule has 0 aromatic rings. The molecule has 118 valence electrons. The van der Waals surface area contributed by atoms with E-state index in [1.54, 1.807) is 0 Å². The van der Waals surface area contributed by atoms with Gasteiger partial charge in [0.05, 0.1) is 0 Å². The van der Waals surface area contributed by atoms with Gasteiger partial charge in [-0.3, -0.25) is 10.2 Å². The van der Waals surface area contributed by atoms with Gasteiger partial charge in [-0.2, -0.15) is 0 Å². The minimum Gasteiger partial charge on any atom is -0.379 e. The molecule has 2 rings (SSSR count). The fraction of sp³-hybridized carbons (Fsp3) is 1.00. The number of aliphatic hydroxyl groups excluding tert-OH is 1. The highest BCUT2D eigenvalue weighted by Gasteiger charge is 2.22. The first-order chi connectivity index (χ1) is 9.67. The maximum atomic E-state index is 9.64. The monoisotopic (exact) mass is 284 g/mol. The molecule has 1 unspecified atom stereocenters. The van der Waals surface area contributed by atoms with Crippen molar-refractivity contribution in [3.05, 3.63) is 0 Å². The fourth-order valence-electron chi connectivity index (χ4n) is 3.23. The zero-order chi connectivity index (χ0) is 14.4. The SMILES string of the molecule is CNC(O)CC1CCN(CCN2CCN(C)CC2)CC1. The van der Waals surface area contributed by atoms with Crippen LogP contribution >= 0.6 is 0 Å². The molecule has 2 heterocycles. The normalized spacial score (nSPS) is 25.9. The van der Waals surface area contributed by atoms with E-state index in [-0.39, 0.29) is 6.23 Å². The standard InChI is InChI=1S/C15H32N4O/c1-16-15(20)13-14-3-5-18(6-4-14)11-12-19-9-7-17(2)8-10-19/h14-16,20H,3-13H2,1-2H3. The third-order valence-corrected chi connectivity index (χ3v) is 4.93. The Balaban J connectivity index is 1.57. The molecule has 0 radical (unpaired) electrons. The molecule has 2 aliphatic heterocycles. The van der Waals surface area contributed by atoms with Gasteiger partial charge in [-0.05, 0) is 52.4 Å². The average Bonchev–Trinajstić information content (AvgIpc) is 2.48. The Morgan fingerprint density at radius 1 is 1.00 bits per heavy atom. The largest absolute Gasteiger partial charge is 0.379 e. The molecule has 0 spiro atoms. The first-order valence-electron chi connectivity index (χ1n) is 8.16. The van der Waals surface area contributed by atoms with E-state index in [2.05, 4.69) is 27.1 Å². The molecule has 0 aromatic heterocycles. The van der Waals surface area contributed by atoms with Crippen LogP contribution in [0.1, 0.15) is 19.3 Å². The molecule has 0 aliphatic carbocycles. The van der Waals surface area contributed by atoms with Crippen molar-refractivity contribution in [3.63, 3.8) is 0 Å². The summed E-state index contributed by atoms with van der Waals surface area (Å²) >= 11 is 0. The van der Waals surface area contributed by atoms with Gasteiger partial charge < -0.3 is 14.9 Å². The number of nitrogens with one attached hydrogen (secondary N) is 1. The van der Waals surface area contributed by atoms with Crippen molar-refractivity contribution < 1.29 is 5.11 Å². The summed E-state index contributed by atoms with van der Waals surface area (Å²) in [6.45, 7) is 9.71. The Morgan fingerprint density at radius 2 is 1.55 bits per heavy atom. The summed E-state index contributed by atoms with van der Waals surface area (Å²) < 4.78 is 0. The van der Waals surface area contributed by atoms with Gasteiger partial charge in [0, 0.05) is 39.3 Å². The molecule has 2 aliphatic rings. The van der Waals surface area contributed by atoms with E-state index in [9.17, 15) is 5.11 Å². The summed E-state index contributed by atoms with van der Waals surface area (Å²) in [5.74, 6) is 0.692. The fourth-order valence-corrected chi connectivity index (χ4v) is 3.23. The summed E-state index contributed by atoms with van der Waals surface area (Å²) in [6, 6.07) is 0. The van der Waals surface area contributed by atoms with E-state index in [4.69, 9.17) is 0 Å². The average molecular weight is 284 g/mol. The number of hydrogen-bond acceptors (Lipinski definition) is 5. The third-order valence-electron chi connectivity index (χ3n) is 4.93. The lowest BCUT2D eigenvalue weighted by Gasteiger charge is -2.36. The topological polar surface area (TPSA) is 42.0 Å². The number of nitrogens with zero attached hydrogens (tertiary/aromatic N) is 3. The first-order valence-corrected chi connectivity index (χ1v) is 8.16. The zero-order valence-corrected chi connectivity index (χ0v) is 13.2. The summed E-state index contributed by atoms with van der Waals surface area (Å²) in [6.07, 6.45) is 3.06. The van der Waals surface area contributed by atoms with E-state index in [1.165, 1.54) is 65.2 Å². The van der Waals surface area contributed by atoms with Gasteiger partial charge in [-0.1, -0.05) is 0 Å². The molecule has 0 saturated carbocycles. The van der Waals surface area contributed by atoms with Crippen molar-refractivity contribution in [2.24, 2.45) is 5.92 Å². The van der Waals surface area contributed by atoms with Crippen LogP contribution in [-0.2, 0) is 0 Å². The quantitative estimate of drug-likeness (QED) is 0.665. The van der Waals surface area contributed by atoms with Crippen LogP contribution in [-0.4, -0.2) is 92.5 Å². The van der Waals surface area contributed by atoms with E-state index in [0.717, 1.165) is 6.42 Å². The van der Waals surface area contributed by atoms with Crippen LogP contribution in [0.25, 0.3) is 0 Å². The molecular weight excluding hydrogens is 252 g/mol. The molecule has 0 aromatic carbocycles. The van der Waals surface area contributed by atoms with E-state index >= 15 is 0 Å². The van der Waals surface area contributed by atoms with E-state index < -0.39 is 0 Å². The van der Waals surface area contributed by atoms with Crippen LogP contribution < -0.4 is 5.32 Å². The number of aliphatic hydroxyl groups is 1. The van der Waals surface area contributed by atoms with Gasteiger partial charge in [0.1, 0.15) is 6.23 Å². The second-order valence-corrected chi connectivity index (χ2v) is 6.47. The Bertz CT molecular complexity index is 261. The molecule has 2 fully saturated rings. The Labute approximate surface area is 123 Å². The van der Waals surface area contributed by atoms with Crippen LogP contribution in [0.3, 0.4) is 0 Å². The molecule has 1 atom stereocenters. The maximum Gasteiger partial charge on any atom is 0.104 e. The lowest BCUT2D eigenvalue weighted by atomic mass is 9.93. The van der Waals surface area contributed by atoms with E-state index in [0.29, 0.717) is 5.92 Å². The van der Waals surface area contributed by atoms with E-state index in [1.807, 2.05) is 7.05 Å². The molecule has 2 N–H and O–H groups in total.